The predicted molar refractivity (Wildman–Crippen MR) is 46.7 cm³/mol. The molecule has 6 N–H and O–H groups in total. The molecule has 0 aliphatic heterocycles. The Bertz CT molecular complexity index is 376. The van der Waals surface area contributed by atoms with Crippen LogP contribution in [0.1, 0.15) is 5.56 Å². The van der Waals surface area contributed by atoms with E-state index in [-0.39, 0.29) is 5.56 Å². The van der Waals surface area contributed by atoms with Gasteiger partial charge in [-0.1, -0.05) is 0 Å². The molecule has 7 nitrogen and oxygen atoms in total. The van der Waals surface area contributed by atoms with Crippen molar-refractivity contribution in [3.63, 3.8) is 0 Å². The molecule has 1 amide bonds. The van der Waals surface area contributed by atoms with Gasteiger partial charge in [0.15, 0.2) is 23.0 Å². The van der Waals surface area contributed by atoms with Crippen molar-refractivity contribution in [3.05, 3.63) is 11.6 Å². The van der Waals surface area contributed by atoms with E-state index in [0.717, 1.165) is 6.07 Å². The third-order valence-corrected chi connectivity index (χ3v) is 1.79. The first-order valence-corrected chi connectivity index (χ1v) is 3.86. The van der Waals surface area contributed by atoms with E-state index in [2.05, 4.69) is 0 Å². The highest BCUT2D eigenvalue weighted by atomic mass is 16.5. The van der Waals surface area contributed by atoms with Gasteiger partial charge in [0.2, 0.25) is 5.91 Å². The first-order chi connectivity index (χ1) is 6.97. The summed E-state index contributed by atoms with van der Waals surface area (Å²) in [6, 6.07) is 0.727. The molecule has 1 rings (SSSR count). The number of hydrogen-bond donors (Lipinski definition) is 6. The summed E-state index contributed by atoms with van der Waals surface area (Å²) in [5.74, 6) is -3.72. The molecule has 0 aromatic heterocycles. The number of amides is 1. The molecule has 0 bridgehead atoms. The summed E-state index contributed by atoms with van der Waals surface area (Å²) in [4.78, 5) is 10.8. The molecule has 1 aromatic carbocycles. The van der Waals surface area contributed by atoms with Crippen LogP contribution >= 0.6 is 0 Å². The summed E-state index contributed by atoms with van der Waals surface area (Å²) in [6.07, 6.45) is -0.587. The van der Waals surface area contributed by atoms with Gasteiger partial charge in [-0.15, -0.1) is 0 Å². The van der Waals surface area contributed by atoms with Crippen molar-refractivity contribution in [2.45, 2.75) is 6.42 Å². The molecule has 0 saturated carbocycles. The maximum absolute atomic E-state index is 10.8. The van der Waals surface area contributed by atoms with Gasteiger partial charge in [-0.25, -0.2) is 5.48 Å². The lowest BCUT2D eigenvalue weighted by Crippen LogP contribution is -2.20. The maximum atomic E-state index is 10.8. The molecular weight excluding hydrogens is 206 g/mol. The van der Waals surface area contributed by atoms with Crippen molar-refractivity contribution in [3.8, 4) is 23.0 Å². The van der Waals surface area contributed by atoms with Crippen LogP contribution in [0, 0.1) is 0 Å². The van der Waals surface area contributed by atoms with Crippen LogP contribution in [0.3, 0.4) is 0 Å². The Labute approximate surface area is 83.8 Å². The molecule has 82 valence electrons. The number of hydroxylamine groups is 1. The highest BCUT2D eigenvalue weighted by Crippen LogP contribution is 2.41. The molecule has 0 atom stereocenters. The van der Waals surface area contributed by atoms with E-state index in [1.807, 2.05) is 0 Å². The van der Waals surface area contributed by atoms with Crippen LogP contribution in [0.25, 0.3) is 0 Å². The zero-order chi connectivity index (χ0) is 11.6. The van der Waals surface area contributed by atoms with Gasteiger partial charge in [-0.3, -0.25) is 10.0 Å². The Hall–Kier alpha value is -2.15. The van der Waals surface area contributed by atoms with E-state index in [9.17, 15) is 15.0 Å². The van der Waals surface area contributed by atoms with Crippen molar-refractivity contribution in [1.29, 1.82) is 0 Å². The number of hydrogen-bond acceptors (Lipinski definition) is 6. The van der Waals surface area contributed by atoms with Gasteiger partial charge in [0.1, 0.15) is 0 Å². The van der Waals surface area contributed by atoms with Crippen molar-refractivity contribution < 1.29 is 30.4 Å². The molecule has 0 spiro atoms. The number of phenolic OH excluding ortho intramolecular Hbond substituents is 4. The second-order valence-electron chi connectivity index (χ2n) is 2.80. The van der Waals surface area contributed by atoms with E-state index in [4.69, 9.17) is 15.4 Å². The highest BCUT2D eigenvalue weighted by molar-refractivity contribution is 5.80. The van der Waals surface area contributed by atoms with Crippen molar-refractivity contribution in [2.75, 3.05) is 0 Å². The fraction of sp³-hybridized carbons (Fsp3) is 0.125. The zero-order valence-electron chi connectivity index (χ0n) is 7.43. The minimum Gasteiger partial charge on any atom is -0.504 e. The van der Waals surface area contributed by atoms with Crippen molar-refractivity contribution in [1.82, 2.24) is 5.48 Å². The van der Waals surface area contributed by atoms with Crippen molar-refractivity contribution in [2.24, 2.45) is 0 Å². The quantitative estimate of drug-likeness (QED) is 0.171. The number of carbonyl (C=O) groups excluding carboxylic acids is 1. The summed E-state index contributed by atoms with van der Waals surface area (Å²) in [5, 5.41) is 44.9. The lowest BCUT2D eigenvalue weighted by Gasteiger charge is -2.09. The lowest BCUT2D eigenvalue weighted by atomic mass is 10.1. The Morgan fingerprint density at radius 2 is 1.60 bits per heavy atom. The average Bonchev–Trinajstić information content (AvgIpc) is 2.21. The summed E-state index contributed by atoms with van der Waals surface area (Å²) in [5.41, 5.74) is 0.907. The monoisotopic (exact) mass is 215 g/mol. The largest absolute Gasteiger partial charge is 0.504 e. The van der Waals surface area contributed by atoms with Crippen LogP contribution in [0.5, 0.6) is 23.0 Å². The van der Waals surface area contributed by atoms with Crippen LogP contribution < -0.4 is 5.48 Å². The number of aromatic hydroxyl groups is 4. The van der Waals surface area contributed by atoms with Gasteiger partial charge in [-0.05, 0) is 0 Å². The molecule has 0 heterocycles. The Morgan fingerprint density at radius 3 is 2.00 bits per heavy atom. The smallest absolute Gasteiger partial charge is 0.248 e. The maximum Gasteiger partial charge on any atom is 0.248 e. The van der Waals surface area contributed by atoms with Gasteiger partial charge in [0.05, 0.1) is 12.0 Å². The van der Waals surface area contributed by atoms with E-state index in [1.54, 1.807) is 0 Å². The van der Waals surface area contributed by atoms with Crippen LogP contribution in [0.2, 0.25) is 0 Å². The van der Waals surface area contributed by atoms with E-state index >= 15 is 0 Å². The third kappa shape index (κ3) is 2.02. The van der Waals surface area contributed by atoms with Gasteiger partial charge < -0.3 is 20.4 Å². The molecular formula is C8H9NO6. The Kier molecular flexibility index (Phi) is 2.86. The van der Waals surface area contributed by atoms with Gasteiger partial charge in [0, 0.05) is 6.07 Å². The summed E-state index contributed by atoms with van der Waals surface area (Å²) < 4.78 is 0. The van der Waals surface area contributed by atoms with E-state index in [1.165, 1.54) is 5.48 Å². The van der Waals surface area contributed by atoms with Gasteiger partial charge >= 0.3 is 0 Å². The zero-order valence-corrected chi connectivity index (χ0v) is 7.43. The molecule has 0 aliphatic rings. The fourth-order valence-corrected chi connectivity index (χ4v) is 1.06. The average molecular weight is 215 g/mol. The second kappa shape index (κ2) is 3.93. The van der Waals surface area contributed by atoms with Gasteiger partial charge in [-0.2, -0.15) is 0 Å². The van der Waals surface area contributed by atoms with Crippen LogP contribution in [0.4, 0.5) is 0 Å². The van der Waals surface area contributed by atoms with E-state index in [0.29, 0.717) is 0 Å². The molecule has 0 unspecified atom stereocenters. The summed E-state index contributed by atoms with van der Waals surface area (Å²) in [7, 11) is 0. The molecule has 0 fully saturated rings. The standard InChI is InChI=1S/C8H9NO6/c10-4-2-5(11)8(14)3(7(4)13)1-6(12)9-15/h2,10-11,13-15H,1H2,(H,9,12). The Balaban J connectivity index is 3.21. The second-order valence-corrected chi connectivity index (χ2v) is 2.80. The molecule has 0 saturated heterocycles. The fourth-order valence-electron chi connectivity index (χ4n) is 1.06. The molecule has 15 heavy (non-hydrogen) atoms. The normalized spacial score (nSPS) is 9.93. The van der Waals surface area contributed by atoms with Crippen LogP contribution in [0.15, 0.2) is 6.07 Å². The van der Waals surface area contributed by atoms with E-state index < -0.39 is 35.3 Å². The van der Waals surface area contributed by atoms with Crippen LogP contribution in [-0.4, -0.2) is 31.5 Å². The van der Waals surface area contributed by atoms with Gasteiger partial charge in [0.25, 0.3) is 0 Å². The van der Waals surface area contributed by atoms with Crippen LogP contribution in [-0.2, 0) is 11.2 Å². The molecule has 7 heteroatoms. The Morgan fingerprint density at radius 1 is 1.13 bits per heavy atom. The third-order valence-electron chi connectivity index (χ3n) is 1.79. The SMILES string of the molecule is O=C(Cc1c(O)c(O)cc(O)c1O)NO. The lowest BCUT2D eigenvalue weighted by molar-refractivity contribution is -0.128. The number of carbonyl (C=O) groups is 1. The predicted octanol–water partition coefficient (Wildman–Crippen LogP) is -0.443. The number of rotatable bonds is 2. The summed E-state index contributed by atoms with van der Waals surface area (Å²) in [6.45, 7) is 0. The first-order valence-electron chi connectivity index (χ1n) is 3.86. The molecule has 0 radical (unpaired) electrons. The number of phenols is 4. The number of benzene rings is 1. The molecule has 0 aliphatic carbocycles. The minimum atomic E-state index is -0.911. The minimum absolute atomic E-state index is 0.376. The highest BCUT2D eigenvalue weighted by Gasteiger charge is 2.18. The first kappa shape index (κ1) is 10.9. The summed E-state index contributed by atoms with van der Waals surface area (Å²) >= 11 is 0. The topological polar surface area (TPSA) is 130 Å². The molecule has 1 aromatic rings. The van der Waals surface area contributed by atoms with Crippen molar-refractivity contribution >= 4 is 5.91 Å². The number of nitrogens with one attached hydrogen (secondary N) is 1.